The van der Waals surface area contributed by atoms with Crippen molar-refractivity contribution in [1.82, 2.24) is 14.8 Å². The third kappa shape index (κ3) is 4.09. The van der Waals surface area contributed by atoms with E-state index in [1.165, 1.54) is 30.9 Å². The number of methoxy groups -OCH3 is 2. The largest absolute Gasteiger partial charge is 0.465 e. The molecule has 30 heavy (non-hydrogen) atoms. The second-order valence-electron chi connectivity index (χ2n) is 6.68. The summed E-state index contributed by atoms with van der Waals surface area (Å²) >= 11 is 4.15. The van der Waals surface area contributed by atoms with Crippen molar-refractivity contribution in [3.8, 4) is 0 Å². The van der Waals surface area contributed by atoms with Crippen molar-refractivity contribution in [3.05, 3.63) is 44.2 Å². The number of ether oxygens (including phenoxy) is 2. The molecule has 3 aromatic rings. The quantitative estimate of drug-likeness (QED) is 0.396. The number of thioether (sulfide) groups is 1. The third-order valence-corrected chi connectivity index (χ3v) is 7.59. The Hall–Kier alpha value is -2.37. The van der Waals surface area contributed by atoms with Gasteiger partial charge in [-0.15, -0.1) is 32.9 Å². The maximum Gasteiger partial charge on any atom is 0.348 e. The van der Waals surface area contributed by atoms with Crippen LogP contribution in [0.1, 0.15) is 55.2 Å². The SMILES string of the molecule is COC(=O)c1sc(N)c(C(=O)OC)c1CSc1nnc(Cc2cccs2)n1C1CC1. The maximum absolute atomic E-state index is 12.3. The van der Waals surface area contributed by atoms with Gasteiger partial charge in [0.2, 0.25) is 0 Å². The van der Waals surface area contributed by atoms with Crippen LogP contribution in [-0.2, 0) is 21.6 Å². The van der Waals surface area contributed by atoms with Crippen LogP contribution in [0, 0.1) is 0 Å². The van der Waals surface area contributed by atoms with Gasteiger partial charge in [-0.25, -0.2) is 9.59 Å². The van der Waals surface area contributed by atoms with E-state index < -0.39 is 11.9 Å². The van der Waals surface area contributed by atoms with Crippen LogP contribution in [-0.4, -0.2) is 40.9 Å². The minimum absolute atomic E-state index is 0.215. The Balaban J connectivity index is 1.63. The lowest BCUT2D eigenvalue weighted by molar-refractivity contribution is 0.0601. The summed E-state index contributed by atoms with van der Waals surface area (Å²) in [6.45, 7) is 0. The summed E-state index contributed by atoms with van der Waals surface area (Å²) in [4.78, 5) is 26.0. The number of rotatable bonds is 8. The number of anilines is 1. The summed E-state index contributed by atoms with van der Waals surface area (Å²) in [5.74, 6) is 0.150. The summed E-state index contributed by atoms with van der Waals surface area (Å²) in [5, 5.41) is 11.8. The van der Waals surface area contributed by atoms with Crippen LogP contribution < -0.4 is 5.73 Å². The highest BCUT2D eigenvalue weighted by Gasteiger charge is 2.31. The molecule has 0 unspecified atom stereocenters. The molecule has 3 aromatic heterocycles. The summed E-state index contributed by atoms with van der Waals surface area (Å²) in [6.07, 6.45) is 2.92. The zero-order valence-corrected chi connectivity index (χ0v) is 18.9. The van der Waals surface area contributed by atoms with Crippen molar-refractivity contribution >= 4 is 51.4 Å². The second kappa shape index (κ2) is 8.78. The number of aromatic nitrogens is 3. The first-order valence-electron chi connectivity index (χ1n) is 9.20. The van der Waals surface area contributed by atoms with Gasteiger partial charge in [0.05, 0.1) is 19.8 Å². The molecule has 0 radical (unpaired) electrons. The van der Waals surface area contributed by atoms with E-state index in [2.05, 4.69) is 20.8 Å². The van der Waals surface area contributed by atoms with E-state index in [9.17, 15) is 9.59 Å². The van der Waals surface area contributed by atoms with Gasteiger partial charge in [-0.3, -0.25) is 0 Å². The smallest absolute Gasteiger partial charge is 0.348 e. The molecule has 11 heteroatoms. The minimum Gasteiger partial charge on any atom is -0.465 e. The summed E-state index contributed by atoms with van der Waals surface area (Å²) < 4.78 is 11.9. The van der Waals surface area contributed by atoms with Crippen molar-refractivity contribution < 1.29 is 19.1 Å². The third-order valence-electron chi connectivity index (χ3n) is 4.70. The molecular formula is C19H20N4O4S3. The van der Waals surface area contributed by atoms with Gasteiger partial charge >= 0.3 is 11.9 Å². The predicted molar refractivity (Wildman–Crippen MR) is 116 cm³/mol. The summed E-state index contributed by atoms with van der Waals surface area (Å²) in [5.41, 5.74) is 6.74. The second-order valence-corrected chi connectivity index (χ2v) is 9.70. The van der Waals surface area contributed by atoms with Crippen LogP contribution >= 0.6 is 34.4 Å². The maximum atomic E-state index is 12.3. The highest BCUT2D eigenvalue weighted by Crippen LogP contribution is 2.41. The van der Waals surface area contributed by atoms with E-state index >= 15 is 0 Å². The zero-order valence-electron chi connectivity index (χ0n) is 16.4. The summed E-state index contributed by atoms with van der Waals surface area (Å²) in [6, 6.07) is 4.50. The molecule has 2 N–H and O–H groups in total. The van der Waals surface area contributed by atoms with Gasteiger partial charge in [0.15, 0.2) is 5.16 Å². The molecule has 1 aliphatic carbocycles. The number of hydrogen-bond acceptors (Lipinski definition) is 10. The molecule has 0 amide bonds. The number of carbonyl (C=O) groups is 2. The first-order chi connectivity index (χ1) is 14.5. The molecule has 0 aromatic carbocycles. The monoisotopic (exact) mass is 464 g/mol. The molecule has 0 aliphatic heterocycles. The minimum atomic E-state index is -0.573. The Morgan fingerprint density at radius 3 is 2.67 bits per heavy atom. The van der Waals surface area contributed by atoms with Crippen LogP contribution in [0.4, 0.5) is 5.00 Å². The van der Waals surface area contributed by atoms with Gasteiger partial charge in [-0.05, 0) is 24.3 Å². The normalized spacial score (nSPS) is 13.4. The fraction of sp³-hybridized carbons (Fsp3) is 0.368. The van der Waals surface area contributed by atoms with Crippen LogP contribution in [0.25, 0.3) is 0 Å². The van der Waals surface area contributed by atoms with Crippen molar-refractivity contribution in [2.24, 2.45) is 0 Å². The molecule has 8 nitrogen and oxygen atoms in total. The fourth-order valence-electron chi connectivity index (χ4n) is 3.14. The molecule has 4 rings (SSSR count). The van der Waals surface area contributed by atoms with Gasteiger partial charge in [0.25, 0.3) is 0 Å². The van der Waals surface area contributed by atoms with Crippen LogP contribution in [0.15, 0.2) is 22.7 Å². The van der Waals surface area contributed by atoms with E-state index in [-0.39, 0.29) is 10.6 Å². The molecule has 0 atom stereocenters. The zero-order chi connectivity index (χ0) is 21.3. The lowest BCUT2D eigenvalue weighted by atomic mass is 10.1. The number of carbonyl (C=O) groups excluding carboxylic acids is 2. The van der Waals surface area contributed by atoms with Gasteiger partial charge in [0.1, 0.15) is 15.7 Å². The predicted octanol–water partition coefficient (Wildman–Crippen LogP) is 3.77. The van der Waals surface area contributed by atoms with Crippen molar-refractivity contribution in [2.45, 2.75) is 36.2 Å². The topological polar surface area (TPSA) is 109 Å². The first-order valence-corrected chi connectivity index (χ1v) is 11.9. The van der Waals surface area contributed by atoms with Gasteiger partial charge in [0, 0.05) is 28.7 Å². The molecular weight excluding hydrogens is 444 g/mol. The van der Waals surface area contributed by atoms with Crippen molar-refractivity contribution in [1.29, 1.82) is 0 Å². The molecule has 158 valence electrons. The van der Waals surface area contributed by atoms with E-state index in [1.54, 1.807) is 11.3 Å². The molecule has 0 saturated heterocycles. The average Bonchev–Trinajstić information content (AvgIpc) is 3.15. The molecule has 1 aliphatic rings. The number of nitrogens with zero attached hydrogens (tertiary/aromatic N) is 3. The molecule has 3 heterocycles. The fourth-order valence-corrected chi connectivity index (χ4v) is 5.98. The van der Waals surface area contributed by atoms with Crippen molar-refractivity contribution in [3.63, 3.8) is 0 Å². The van der Waals surface area contributed by atoms with E-state index in [0.717, 1.165) is 41.6 Å². The number of thiophene rings is 2. The highest BCUT2D eigenvalue weighted by atomic mass is 32.2. The number of esters is 2. The molecule has 1 saturated carbocycles. The summed E-state index contributed by atoms with van der Waals surface area (Å²) in [7, 11) is 2.59. The molecule has 0 spiro atoms. The van der Waals surface area contributed by atoms with E-state index in [4.69, 9.17) is 15.2 Å². The van der Waals surface area contributed by atoms with Crippen LogP contribution in [0.3, 0.4) is 0 Å². The Kier molecular flexibility index (Phi) is 6.11. The Morgan fingerprint density at radius 2 is 2.03 bits per heavy atom. The van der Waals surface area contributed by atoms with Crippen LogP contribution in [0.5, 0.6) is 0 Å². The Bertz CT molecular complexity index is 1070. The van der Waals surface area contributed by atoms with E-state index in [0.29, 0.717) is 22.2 Å². The number of nitrogens with two attached hydrogens (primary N) is 1. The standard InChI is InChI=1S/C19H20N4O4S3/c1-26-17(24)14-12(15(18(25)27-2)30-16(14)20)9-29-19-22-21-13(23(19)10-5-6-10)8-11-4-3-7-28-11/h3-4,7,10H,5-6,8-9,20H2,1-2H3. The number of nitrogen functional groups attached to an aromatic ring is 1. The molecule has 1 fully saturated rings. The van der Waals surface area contributed by atoms with E-state index in [1.807, 2.05) is 11.4 Å². The van der Waals surface area contributed by atoms with Crippen molar-refractivity contribution in [2.75, 3.05) is 20.0 Å². The average molecular weight is 465 g/mol. The Morgan fingerprint density at radius 1 is 1.27 bits per heavy atom. The first kappa shape index (κ1) is 20.9. The van der Waals surface area contributed by atoms with Crippen LogP contribution in [0.2, 0.25) is 0 Å². The number of hydrogen-bond donors (Lipinski definition) is 1. The molecule has 0 bridgehead atoms. The highest BCUT2D eigenvalue weighted by molar-refractivity contribution is 7.98. The van der Waals surface area contributed by atoms with Gasteiger partial charge in [-0.2, -0.15) is 0 Å². The van der Waals surface area contributed by atoms with Gasteiger partial charge < -0.3 is 19.8 Å². The lowest BCUT2D eigenvalue weighted by Gasteiger charge is -2.09. The van der Waals surface area contributed by atoms with Gasteiger partial charge in [-0.1, -0.05) is 17.8 Å². The Labute approximate surface area is 185 Å². The lowest BCUT2D eigenvalue weighted by Crippen LogP contribution is -2.09.